The summed E-state index contributed by atoms with van der Waals surface area (Å²) in [6.07, 6.45) is 1.87. The van der Waals surface area contributed by atoms with Crippen molar-refractivity contribution < 1.29 is 32.3 Å². The van der Waals surface area contributed by atoms with Crippen molar-refractivity contribution in [1.29, 1.82) is 0 Å². The number of piperidine rings is 1. The van der Waals surface area contributed by atoms with E-state index in [1.165, 1.54) is 23.8 Å². The lowest BCUT2D eigenvalue weighted by Crippen LogP contribution is -2.69. The monoisotopic (exact) mass is 634 g/mol. The first-order valence-corrected chi connectivity index (χ1v) is 16.4. The molecule has 5 aliphatic rings. The van der Waals surface area contributed by atoms with E-state index in [0.29, 0.717) is 12.0 Å². The third-order valence-corrected chi connectivity index (χ3v) is 11.6. The van der Waals surface area contributed by atoms with Crippen molar-refractivity contribution in [3.05, 3.63) is 100 Å². The number of quaternary nitrogens is 1. The van der Waals surface area contributed by atoms with Crippen LogP contribution in [0.2, 0.25) is 0 Å². The maximum absolute atomic E-state index is 14.3. The number of aliphatic hydroxyl groups is 1. The zero-order chi connectivity index (χ0) is 32.5. The van der Waals surface area contributed by atoms with Crippen molar-refractivity contribution in [3.8, 4) is 0 Å². The van der Waals surface area contributed by atoms with Crippen molar-refractivity contribution >= 4 is 12.0 Å². The predicted octanol–water partition coefficient (Wildman–Crippen LogP) is 5.61. The molecule has 2 aromatic carbocycles. The standard InChI is InChI=1S/C37H42F3N3O3/c1-42(2)29-23-36(45,41-34(44)28(37(38,39)40)21-25-13-8-5-9-14-25)33-32-26(29)22-30-27-15-10-16-31(46-33)35(27,32)18-20-43(30,3)19-17-24-11-6-4-7-12-24/h4-9,11-14,21,23,27,30-31,33,45H,10,15-20,22H2,1-3H3/p+1/t27-,30+,31-,33?,35+,36?,43?/m0/s1. The molecule has 7 atom stereocenters. The summed E-state index contributed by atoms with van der Waals surface area (Å²) >= 11 is 0. The molecule has 9 heteroatoms. The first kappa shape index (κ1) is 31.2. The van der Waals surface area contributed by atoms with Crippen molar-refractivity contribution in [1.82, 2.24) is 10.2 Å². The molecule has 46 heavy (non-hydrogen) atoms. The first-order chi connectivity index (χ1) is 21.9. The first-order valence-electron chi connectivity index (χ1n) is 16.4. The number of nitrogens with one attached hydrogen (secondary N) is 1. The second-order valence-electron chi connectivity index (χ2n) is 14.3. The number of likely N-dealkylation sites (tertiary alicyclic amines) is 1. The smallest absolute Gasteiger partial charge is 0.378 e. The average molecular weight is 635 g/mol. The molecule has 6 nitrogen and oxygen atoms in total. The number of rotatable bonds is 7. The van der Waals surface area contributed by atoms with Gasteiger partial charge in [-0.15, -0.1) is 0 Å². The van der Waals surface area contributed by atoms with E-state index >= 15 is 0 Å². The third kappa shape index (κ3) is 4.93. The lowest BCUT2D eigenvalue weighted by atomic mass is 9.49. The normalized spacial score (nSPS) is 34.9. The van der Waals surface area contributed by atoms with Gasteiger partial charge in [-0.1, -0.05) is 67.1 Å². The van der Waals surface area contributed by atoms with Crippen molar-refractivity contribution in [2.24, 2.45) is 11.3 Å². The minimum absolute atomic E-state index is 0.160. The highest BCUT2D eigenvalue weighted by molar-refractivity contribution is 5.99. The van der Waals surface area contributed by atoms with Gasteiger partial charge in [-0.2, -0.15) is 13.2 Å². The van der Waals surface area contributed by atoms with Gasteiger partial charge in [-0.05, 0) is 47.3 Å². The maximum Gasteiger partial charge on any atom is 0.421 e. The zero-order valence-electron chi connectivity index (χ0n) is 26.7. The molecule has 7 rings (SSSR count). The third-order valence-electron chi connectivity index (χ3n) is 11.6. The van der Waals surface area contributed by atoms with Crippen LogP contribution < -0.4 is 5.32 Å². The molecule has 2 heterocycles. The summed E-state index contributed by atoms with van der Waals surface area (Å²) in [5.74, 6) is -1.05. The molecule has 0 aromatic heterocycles. The number of nitrogens with zero attached hydrogens (tertiary/aromatic N) is 2. The molecular weight excluding hydrogens is 591 g/mol. The Morgan fingerprint density at radius 2 is 1.80 bits per heavy atom. The fraction of sp³-hybridized carbons (Fsp3) is 0.486. The molecule has 2 aromatic rings. The minimum Gasteiger partial charge on any atom is -0.378 e. The van der Waals surface area contributed by atoms with Gasteiger partial charge in [-0.3, -0.25) is 4.79 Å². The second-order valence-corrected chi connectivity index (χ2v) is 14.3. The summed E-state index contributed by atoms with van der Waals surface area (Å²) in [6, 6.07) is 18.9. The molecule has 244 valence electrons. The molecule has 3 aliphatic carbocycles. The van der Waals surface area contributed by atoms with Crippen LogP contribution in [-0.4, -0.2) is 84.8 Å². The molecule has 3 unspecified atom stereocenters. The molecule has 1 saturated carbocycles. The summed E-state index contributed by atoms with van der Waals surface area (Å²) in [4.78, 5) is 15.4. The number of hydrogen-bond donors (Lipinski definition) is 2. The van der Waals surface area contributed by atoms with Gasteiger partial charge < -0.3 is 24.5 Å². The van der Waals surface area contributed by atoms with Gasteiger partial charge in [0.2, 0.25) is 0 Å². The van der Waals surface area contributed by atoms with Crippen LogP contribution in [0, 0.1) is 11.3 Å². The van der Waals surface area contributed by atoms with Gasteiger partial charge in [0, 0.05) is 50.4 Å². The van der Waals surface area contributed by atoms with Crippen LogP contribution in [0.25, 0.3) is 6.08 Å². The number of likely N-dealkylation sites (N-methyl/N-ethyl adjacent to an activating group) is 2. The van der Waals surface area contributed by atoms with E-state index < -0.39 is 29.5 Å². The van der Waals surface area contributed by atoms with Gasteiger partial charge in [-0.25, -0.2) is 0 Å². The summed E-state index contributed by atoms with van der Waals surface area (Å²) < 4.78 is 50.6. The molecule has 2 aliphatic heterocycles. The Bertz CT molecular complexity index is 1600. The SMILES string of the molecule is CN(C)C1=CC(O)(NC(=O)C(=Cc2ccccc2)C(F)(F)F)C2O[C@H]3CCC[C@H]4[C@H]5CC1=C2[C@@]34CC[N+]5(C)CCc1ccccc1. The van der Waals surface area contributed by atoms with E-state index in [0.717, 1.165) is 79.0 Å². The molecule has 1 amide bonds. The lowest BCUT2D eigenvalue weighted by Gasteiger charge is -2.62. The van der Waals surface area contributed by atoms with Gasteiger partial charge in [0.05, 0.1) is 32.3 Å². The number of ether oxygens (including phenoxy) is 1. The van der Waals surface area contributed by atoms with Crippen LogP contribution in [0.5, 0.6) is 0 Å². The van der Waals surface area contributed by atoms with Crippen molar-refractivity contribution in [2.45, 2.75) is 68.7 Å². The Morgan fingerprint density at radius 1 is 1.11 bits per heavy atom. The Kier molecular flexibility index (Phi) is 7.53. The topological polar surface area (TPSA) is 61.8 Å². The number of allylic oxidation sites excluding steroid dienone is 1. The number of carbonyl (C=O) groups is 1. The quantitative estimate of drug-likeness (QED) is 0.236. The van der Waals surface area contributed by atoms with Gasteiger partial charge in [0.15, 0.2) is 5.72 Å². The van der Waals surface area contributed by atoms with Crippen LogP contribution in [0.1, 0.15) is 43.2 Å². The number of benzene rings is 2. The van der Waals surface area contributed by atoms with Crippen molar-refractivity contribution in [2.75, 3.05) is 34.2 Å². The van der Waals surface area contributed by atoms with Crippen LogP contribution in [0.3, 0.4) is 0 Å². The highest BCUT2D eigenvalue weighted by atomic mass is 19.4. The number of halogens is 3. The fourth-order valence-corrected chi connectivity index (χ4v) is 9.48. The lowest BCUT2D eigenvalue weighted by molar-refractivity contribution is -0.945. The average Bonchev–Trinajstić information content (AvgIpc) is 3.37. The van der Waals surface area contributed by atoms with Crippen LogP contribution in [-0.2, 0) is 16.0 Å². The van der Waals surface area contributed by atoms with E-state index in [-0.39, 0.29) is 17.1 Å². The highest BCUT2D eigenvalue weighted by Gasteiger charge is 2.71. The highest BCUT2D eigenvalue weighted by Crippen LogP contribution is 2.67. The molecular formula is C37H43F3N3O3+. The van der Waals surface area contributed by atoms with E-state index in [2.05, 4.69) is 36.6 Å². The van der Waals surface area contributed by atoms with E-state index in [9.17, 15) is 23.1 Å². The Labute approximate surface area is 268 Å². The maximum atomic E-state index is 14.3. The Hall–Kier alpha value is -3.40. The number of hydrogen-bond acceptors (Lipinski definition) is 4. The van der Waals surface area contributed by atoms with E-state index in [1.54, 1.807) is 18.2 Å². The van der Waals surface area contributed by atoms with E-state index in [1.807, 2.05) is 25.1 Å². The van der Waals surface area contributed by atoms with E-state index in [4.69, 9.17) is 4.74 Å². The van der Waals surface area contributed by atoms with Gasteiger partial charge in [0.25, 0.3) is 5.91 Å². The van der Waals surface area contributed by atoms with Crippen LogP contribution in [0.4, 0.5) is 13.2 Å². The minimum atomic E-state index is -4.93. The van der Waals surface area contributed by atoms with Crippen LogP contribution >= 0.6 is 0 Å². The largest absolute Gasteiger partial charge is 0.421 e. The second kappa shape index (κ2) is 11.1. The Balaban J connectivity index is 1.27. The fourth-order valence-electron chi connectivity index (χ4n) is 9.48. The van der Waals surface area contributed by atoms with Crippen LogP contribution in [0.15, 0.2) is 89.2 Å². The number of carbonyl (C=O) groups excluding carboxylic acids is 1. The summed E-state index contributed by atoms with van der Waals surface area (Å²) in [5, 5.41) is 14.7. The molecule has 1 spiro atoms. The molecule has 0 radical (unpaired) electrons. The zero-order valence-corrected chi connectivity index (χ0v) is 26.7. The predicted molar refractivity (Wildman–Crippen MR) is 170 cm³/mol. The molecule has 2 bridgehead atoms. The molecule has 3 fully saturated rings. The number of alkyl halides is 3. The molecule has 2 saturated heterocycles. The number of amides is 1. The summed E-state index contributed by atoms with van der Waals surface area (Å²) in [5.41, 5.74) is 0.608. The van der Waals surface area contributed by atoms with Gasteiger partial charge >= 0.3 is 6.18 Å². The van der Waals surface area contributed by atoms with Gasteiger partial charge in [0.1, 0.15) is 11.7 Å². The Morgan fingerprint density at radius 3 is 2.48 bits per heavy atom. The summed E-state index contributed by atoms with van der Waals surface area (Å²) in [6.45, 7) is 1.98. The molecule has 2 N–H and O–H groups in total. The summed E-state index contributed by atoms with van der Waals surface area (Å²) in [7, 11) is 6.16. The van der Waals surface area contributed by atoms with Crippen molar-refractivity contribution in [3.63, 3.8) is 0 Å².